The highest BCUT2D eigenvalue weighted by molar-refractivity contribution is 6.30. The molecule has 0 aliphatic heterocycles. The van der Waals surface area contributed by atoms with Gasteiger partial charge in [-0.15, -0.1) is 6.58 Å². The zero-order valence-corrected chi connectivity index (χ0v) is 11.0. The van der Waals surface area contributed by atoms with Gasteiger partial charge in [-0.3, -0.25) is 0 Å². The summed E-state index contributed by atoms with van der Waals surface area (Å²) in [6, 6.07) is 15.9. The van der Waals surface area contributed by atoms with Crippen LogP contribution in [0.5, 0.6) is 5.75 Å². The number of benzene rings is 2. The fourth-order valence-corrected chi connectivity index (χ4v) is 2.07. The van der Waals surface area contributed by atoms with E-state index in [1.165, 1.54) is 11.1 Å². The van der Waals surface area contributed by atoms with Crippen molar-refractivity contribution in [3.05, 3.63) is 77.3 Å². The average Bonchev–Trinajstić information content (AvgIpc) is 2.42. The van der Waals surface area contributed by atoms with E-state index >= 15 is 0 Å². The largest absolute Gasteiger partial charge is 0.497 e. The summed E-state index contributed by atoms with van der Waals surface area (Å²) in [7, 11) is 1.67. The maximum Gasteiger partial charge on any atom is 0.118 e. The van der Waals surface area contributed by atoms with Gasteiger partial charge in [-0.25, -0.2) is 0 Å². The number of methoxy groups -OCH3 is 1. The van der Waals surface area contributed by atoms with Gasteiger partial charge in [0.2, 0.25) is 0 Å². The van der Waals surface area contributed by atoms with Crippen LogP contribution in [0.2, 0.25) is 5.02 Å². The molecule has 18 heavy (non-hydrogen) atoms. The Hall–Kier alpha value is -1.73. The van der Waals surface area contributed by atoms with Crippen molar-refractivity contribution in [2.75, 3.05) is 7.11 Å². The lowest BCUT2D eigenvalue weighted by Crippen LogP contribution is -1.97. The van der Waals surface area contributed by atoms with Gasteiger partial charge in [-0.05, 0) is 35.4 Å². The highest BCUT2D eigenvalue weighted by atomic mass is 35.5. The summed E-state index contributed by atoms with van der Waals surface area (Å²) >= 11 is 5.90. The van der Waals surface area contributed by atoms with Crippen molar-refractivity contribution < 1.29 is 4.74 Å². The summed E-state index contributed by atoms with van der Waals surface area (Å²) in [5.74, 6) is 1.03. The van der Waals surface area contributed by atoms with Crippen molar-refractivity contribution in [2.24, 2.45) is 0 Å². The van der Waals surface area contributed by atoms with E-state index < -0.39 is 0 Å². The third kappa shape index (κ3) is 2.74. The number of ether oxygens (including phenoxy) is 1. The lowest BCUT2D eigenvalue weighted by atomic mass is 9.91. The highest BCUT2D eigenvalue weighted by Crippen LogP contribution is 2.28. The molecule has 0 heterocycles. The van der Waals surface area contributed by atoms with Crippen LogP contribution >= 0.6 is 11.6 Å². The summed E-state index contributed by atoms with van der Waals surface area (Å²) in [5, 5.41) is 0.747. The Morgan fingerprint density at radius 1 is 1.00 bits per heavy atom. The summed E-state index contributed by atoms with van der Waals surface area (Å²) in [4.78, 5) is 0. The number of halogens is 1. The zero-order valence-electron chi connectivity index (χ0n) is 10.3. The number of hydrogen-bond acceptors (Lipinski definition) is 1. The van der Waals surface area contributed by atoms with E-state index in [4.69, 9.17) is 16.3 Å². The molecule has 0 radical (unpaired) electrons. The molecule has 0 saturated carbocycles. The number of allylic oxidation sites excluding steroid dienone is 1. The fourth-order valence-electron chi connectivity index (χ4n) is 1.95. The molecule has 0 fully saturated rings. The molecule has 0 aromatic heterocycles. The normalized spacial score (nSPS) is 11.9. The number of hydrogen-bond donors (Lipinski definition) is 0. The van der Waals surface area contributed by atoms with Gasteiger partial charge in [0.05, 0.1) is 7.11 Å². The Morgan fingerprint density at radius 3 is 1.94 bits per heavy atom. The molecular formula is C16H15ClO. The summed E-state index contributed by atoms with van der Waals surface area (Å²) in [6.07, 6.45) is 1.94. The molecule has 2 rings (SSSR count). The molecule has 1 unspecified atom stereocenters. The number of rotatable bonds is 4. The molecule has 0 spiro atoms. The first-order chi connectivity index (χ1) is 8.74. The minimum absolute atomic E-state index is 0.174. The van der Waals surface area contributed by atoms with Crippen molar-refractivity contribution in [2.45, 2.75) is 5.92 Å². The van der Waals surface area contributed by atoms with Crippen LogP contribution in [0.15, 0.2) is 61.2 Å². The molecule has 0 N–H and O–H groups in total. The van der Waals surface area contributed by atoms with Crippen molar-refractivity contribution in [3.63, 3.8) is 0 Å². The van der Waals surface area contributed by atoms with E-state index in [0.29, 0.717) is 0 Å². The zero-order chi connectivity index (χ0) is 13.0. The maximum atomic E-state index is 5.90. The highest BCUT2D eigenvalue weighted by Gasteiger charge is 2.10. The van der Waals surface area contributed by atoms with Crippen LogP contribution in [0, 0.1) is 0 Å². The van der Waals surface area contributed by atoms with E-state index in [9.17, 15) is 0 Å². The minimum Gasteiger partial charge on any atom is -0.497 e. The van der Waals surface area contributed by atoms with Crippen LogP contribution in [0.25, 0.3) is 0 Å². The van der Waals surface area contributed by atoms with Gasteiger partial charge in [-0.2, -0.15) is 0 Å². The molecule has 2 heteroatoms. The Labute approximate surface area is 113 Å². The smallest absolute Gasteiger partial charge is 0.118 e. The van der Waals surface area contributed by atoms with E-state index in [2.05, 4.69) is 18.7 Å². The van der Waals surface area contributed by atoms with Crippen molar-refractivity contribution in [3.8, 4) is 5.75 Å². The predicted molar refractivity (Wildman–Crippen MR) is 76.5 cm³/mol. The molecule has 0 amide bonds. The lowest BCUT2D eigenvalue weighted by Gasteiger charge is -2.14. The molecule has 0 saturated heterocycles. The topological polar surface area (TPSA) is 9.23 Å². The van der Waals surface area contributed by atoms with Crippen LogP contribution in [-0.4, -0.2) is 7.11 Å². The summed E-state index contributed by atoms with van der Waals surface area (Å²) in [5.41, 5.74) is 2.37. The standard InChI is InChI=1S/C16H15ClO/c1-3-16(12-4-8-14(17)9-5-12)13-6-10-15(18-2)11-7-13/h3-11,16H,1H2,2H3. The van der Waals surface area contributed by atoms with Gasteiger partial charge in [0.15, 0.2) is 0 Å². The van der Waals surface area contributed by atoms with Gasteiger partial charge < -0.3 is 4.74 Å². The second-order valence-electron chi connectivity index (χ2n) is 4.04. The van der Waals surface area contributed by atoms with Crippen LogP contribution in [0.4, 0.5) is 0 Å². The quantitative estimate of drug-likeness (QED) is 0.725. The third-order valence-electron chi connectivity index (χ3n) is 2.94. The lowest BCUT2D eigenvalue weighted by molar-refractivity contribution is 0.414. The van der Waals surface area contributed by atoms with Crippen molar-refractivity contribution in [1.29, 1.82) is 0 Å². The van der Waals surface area contributed by atoms with Crippen LogP contribution in [0.1, 0.15) is 17.0 Å². The molecule has 0 aliphatic rings. The van der Waals surface area contributed by atoms with Crippen molar-refractivity contribution in [1.82, 2.24) is 0 Å². The van der Waals surface area contributed by atoms with Gasteiger partial charge in [-0.1, -0.05) is 41.9 Å². The summed E-state index contributed by atoms with van der Waals surface area (Å²) < 4.78 is 5.16. The second-order valence-corrected chi connectivity index (χ2v) is 4.47. The van der Waals surface area contributed by atoms with E-state index in [-0.39, 0.29) is 5.92 Å². The van der Waals surface area contributed by atoms with Crippen LogP contribution in [0.3, 0.4) is 0 Å². The first kappa shape index (κ1) is 12.7. The second kappa shape index (κ2) is 5.74. The Kier molecular flexibility index (Phi) is 4.06. The van der Waals surface area contributed by atoms with E-state index in [1.54, 1.807) is 7.11 Å². The molecule has 1 atom stereocenters. The molecule has 0 bridgehead atoms. The van der Waals surface area contributed by atoms with E-state index in [1.807, 2.05) is 42.5 Å². The van der Waals surface area contributed by atoms with Gasteiger partial charge in [0, 0.05) is 10.9 Å². The minimum atomic E-state index is 0.174. The third-order valence-corrected chi connectivity index (χ3v) is 3.19. The van der Waals surface area contributed by atoms with Crippen LogP contribution in [-0.2, 0) is 0 Å². The average molecular weight is 259 g/mol. The predicted octanol–water partition coefficient (Wildman–Crippen LogP) is 4.67. The SMILES string of the molecule is C=CC(c1ccc(Cl)cc1)c1ccc(OC)cc1. The van der Waals surface area contributed by atoms with Gasteiger partial charge in [0.1, 0.15) is 5.75 Å². The molecule has 2 aromatic rings. The summed E-state index contributed by atoms with van der Waals surface area (Å²) in [6.45, 7) is 3.91. The first-order valence-corrected chi connectivity index (χ1v) is 6.14. The van der Waals surface area contributed by atoms with Crippen molar-refractivity contribution >= 4 is 11.6 Å². The monoisotopic (exact) mass is 258 g/mol. The first-order valence-electron chi connectivity index (χ1n) is 5.76. The Morgan fingerprint density at radius 2 is 1.50 bits per heavy atom. The maximum absolute atomic E-state index is 5.90. The Balaban J connectivity index is 2.32. The Bertz CT molecular complexity index is 514. The van der Waals surface area contributed by atoms with E-state index in [0.717, 1.165) is 10.8 Å². The molecule has 0 aliphatic carbocycles. The van der Waals surface area contributed by atoms with Crippen LogP contribution < -0.4 is 4.74 Å². The molecule has 92 valence electrons. The van der Waals surface area contributed by atoms with Gasteiger partial charge in [0.25, 0.3) is 0 Å². The molecular weight excluding hydrogens is 244 g/mol. The molecule has 2 aromatic carbocycles. The van der Waals surface area contributed by atoms with Gasteiger partial charge >= 0.3 is 0 Å². The molecule has 1 nitrogen and oxygen atoms in total. The fraction of sp³-hybridized carbons (Fsp3) is 0.125.